The Morgan fingerprint density at radius 1 is 1.17 bits per heavy atom. The van der Waals surface area contributed by atoms with E-state index in [9.17, 15) is 18.0 Å². The van der Waals surface area contributed by atoms with Gasteiger partial charge in [0.15, 0.2) is 0 Å². The number of fused-ring (bicyclic) bond motifs is 1. The van der Waals surface area contributed by atoms with Crippen LogP contribution in [0.5, 0.6) is 0 Å². The minimum Gasteiger partial charge on any atom is -0.351 e. The van der Waals surface area contributed by atoms with Gasteiger partial charge >= 0.3 is 0 Å². The number of hydrogen-bond donors (Lipinski definition) is 2. The van der Waals surface area contributed by atoms with E-state index in [1.54, 1.807) is 6.92 Å². The second kappa shape index (κ2) is 8.46. The lowest BCUT2D eigenvalue weighted by molar-refractivity contribution is 0.0874. The van der Waals surface area contributed by atoms with E-state index >= 15 is 0 Å². The maximum absolute atomic E-state index is 12.3. The average Bonchev–Trinajstić information content (AvgIpc) is 2.72. The molecule has 0 saturated heterocycles. The summed E-state index contributed by atoms with van der Waals surface area (Å²) in [6.07, 6.45) is 1.01. The lowest BCUT2D eigenvalue weighted by atomic mass is 10.1. The molecule has 0 spiro atoms. The first-order valence-corrected chi connectivity index (χ1v) is 9.07. The van der Waals surface area contributed by atoms with Crippen molar-refractivity contribution in [2.45, 2.75) is 25.2 Å². The second-order valence-corrected chi connectivity index (χ2v) is 7.02. The van der Waals surface area contributed by atoms with Gasteiger partial charge in [-0.25, -0.2) is 12.7 Å². The first kappa shape index (κ1) is 20.4. The van der Waals surface area contributed by atoms with Crippen LogP contribution in [0.3, 0.4) is 0 Å². The van der Waals surface area contributed by atoms with E-state index in [1.165, 1.54) is 18.2 Å². The van der Waals surface area contributed by atoms with Gasteiger partial charge < -0.3 is 10.6 Å². The number of hydrogen-bond acceptors (Lipinski definition) is 5. The van der Waals surface area contributed by atoms with Crippen molar-refractivity contribution < 1.29 is 18.0 Å². The van der Waals surface area contributed by atoms with Crippen LogP contribution in [0.15, 0.2) is 23.1 Å². The quantitative estimate of drug-likeness (QED) is 0.693. The van der Waals surface area contributed by atoms with Crippen LogP contribution < -0.4 is 10.6 Å². The Labute approximate surface area is 148 Å². The van der Waals surface area contributed by atoms with Gasteiger partial charge in [-0.2, -0.15) is 0 Å². The van der Waals surface area contributed by atoms with Gasteiger partial charge in [-0.15, -0.1) is 12.4 Å². The van der Waals surface area contributed by atoms with E-state index in [4.69, 9.17) is 0 Å². The van der Waals surface area contributed by atoms with Gasteiger partial charge in [-0.05, 0) is 38.1 Å². The molecule has 0 bridgehead atoms. The Kier molecular flexibility index (Phi) is 7.19. The molecule has 0 saturated carbocycles. The van der Waals surface area contributed by atoms with E-state index in [0.29, 0.717) is 13.1 Å². The Morgan fingerprint density at radius 2 is 1.88 bits per heavy atom. The maximum atomic E-state index is 12.3. The van der Waals surface area contributed by atoms with Crippen LogP contribution in [0.25, 0.3) is 0 Å². The normalized spacial score (nSPS) is 14.9. The molecule has 24 heavy (non-hydrogen) atoms. The van der Waals surface area contributed by atoms with Gasteiger partial charge in [0, 0.05) is 25.2 Å². The lowest BCUT2D eigenvalue weighted by Gasteiger charge is -2.11. The topological polar surface area (TPSA) is 95.6 Å². The molecule has 0 unspecified atom stereocenters. The summed E-state index contributed by atoms with van der Waals surface area (Å²) in [4.78, 5) is 24.0. The number of benzene rings is 1. The Balaban J connectivity index is 0.00000288. The molecular formula is C15H22ClN3O4S. The third-order valence-corrected chi connectivity index (χ3v) is 5.47. The zero-order valence-corrected chi connectivity index (χ0v) is 15.3. The fourth-order valence-corrected chi connectivity index (χ4v) is 4.00. The summed E-state index contributed by atoms with van der Waals surface area (Å²) in [5, 5.41) is 5.87. The number of sulfonamides is 1. The summed E-state index contributed by atoms with van der Waals surface area (Å²) in [5.41, 5.74) is 0.349. The molecule has 2 amide bonds. The largest absolute Gasteiger partial charge is 0.351 e. The molecule has 1 aliphatic heterocycles. The van der Waals surface area contributed by atoms with Crippen molar-refractivity contribution in [2.75, 3.05) is 26.2 Å². The number of nitrogens with zero attached hydrogens (tertiary/aromatic N) is 1. The summed E-state index contributed by atoms with van der Waals surface area (Å²) >= 11 is 0. The molecule has 0 aliphatic carbocycles. The summed E-state index contributed by atoms with van der Waals surface area (Å²) in [6.45, 7) is 5.69. The van der Waals surface area contributed by atoms with Crippen LogP contribution in [0.2, 0.25) is 0 Å². The zero-order valence-electron chi connectivity index (χ0n) is 13.7. The fourth-order valence-electron chi connectivity index (χ4n) is 2.40. The van der Waals surface area contributed by atoms with Gasteiger partial charge in [0.25, 0.3) is 21.8 Å². The molecule has 1 aromatic rings. The lowest BCUT2D eigenvalue weighted by Crippen LogP contribution is -2.32. The Morgan fingerprint density at radius 3 is 2.50 bits per heavy atom. The predicted octanol–water partition coefficient (Wildman–Crippen LogP) is 1.00. The molecule has 0 fully saturated rings. The van der Waals surface area contributed by atoms with E-state index in [0.717, 1.165) is 17.3 Å². The van der Waals surface area contributed by atoms with Crippen LogP contribution in [0.4, 0.5) is 0 Å². The van der Waals surface area contributed by atoms with Crippen molar-refractivity contribution in [3.05, 3.63) is 29.3 Å². The van der Waals surface area contributed by atoms with Crippen LogP contribution >= 0.6 is 12.4 Å². The van der Waals surface area contributed by atoms with Crippen molar-refractivity contribution in [2.24, 2.45) is 0 Å². The highest BCUT2D eigenvalue weighted by atomic mass is 35.5. The van der Waals surface area contributed by atoms with Gasteiger partial charge in [-0.3, -0.25) is 9.59 Å². The van der Waals surface area contributed by atoms with Crippen molar-refractivity contribution in [1.29, 1.82) is 0 Å². The molecule has 0 aromatic heterocycles. The summed E-state index contributed by atoms with van der Waals surface area (Å²) < 4.78 is 25.4. The van der Waals surface area contributed by atoms with Gasteiger partial charge in [0.2, 0.25) is 0 Å². The van der Waals surface area contributed by atoms with Crippen LogP contribution in [0.1, 0.15) is 41.0 Å². The maximum Gasteiger partial charge on any atom is 0.268 e. The molecule has 134 valence electrons. The zero-order chi connectivity index (χ0) is 17.0. The molecule has 7 nitrogen and oxygen atoms in total. The molecule has 2 N–H and O–H groups in total. The van der Waals surface area contributed by atoms with E-state index in [1.807, 2.05) is 0 Å². The van der Waals surface area contributed by atoms with Gasteiger partial charge in [0.05, 0.1) is 5.56 Å². The van der Waals surface area contributed by atoms with Gasteiger partial charge in [-0.1, -0.05) is 6.92 Å². The minimum atomic E-state index is -3.84. The fraction of sp³-hybridized carbons (Fsp3) is 0.467. The predicted molar refractivity (Wildman–Crippen MR) is 93.1 cm³/mol. The summed E-state index contributed by atoms with van der Waals surface area (Å²) in [7, 11) is -3.84. The molecule has 1 aliphatic rings. The van der Waals surface area contributed by atoms with E-state index in [2.05, 4.69) is 17.6 Å². The summed E-state index contributed by atoms with van der Waals surface area (Å²) in [5.74, 6) is -0.901. The molecule has 2 rings (SSSR count). The van der Waals surface area contributed by atoms with Crippen LogP contribution in [-0.2, 0) is 10.0 Å². The second-order valence-electron chi connectivity index (χ2n) is 5.19. The standard InChI is InChI=1S/C15H21N3O4S.ClH/c1-3-7-16-8-9-17-14(19)11-5-6-12-13(10-11)23(21,22)18(4-2)15(12)20;/h5-6,10,16H,3-4,7-9H2,1-2H3,(H,17,19);1H. The van der Waals surface area contributed by atoms with Gasteiger partial charge in [0.1, 0.15) is 4.90 Å². The molecule has 0 radical (unpaired) electrons. The van der Waals surface area contributed by atoms with Crippen LogP contribution in [0, 0.1) is 0 Å². The smallest absolute Gasteiger partial charge is 0.268 e. The number of halogens is 1. The third kappa shape index (κ3) is 3.88. The summed E-state index contributed by atoms with van der Waals surface area (Å²) in [6, 6.07) is 4.14. The third-order valence-electron chi connectivity index (χ3n) is 3.57. The Bertz CT molecular complexity index is 721. The number of amides is 2. The SMILES string of the molecule is CCCNCCNC(=O)c1ccc2c(c1)S(=O)(=O)N(CC)C2=O.Cl. The highest BCUT2D eigenvalue weighted by Gasteiger charge is 2.40. The molecule has 1 heterocycles. The van der Waals surface area contributed by atoms with E-state index in [-0.39, 0.29) is 40.9 Å². The van der Waals surface area contributed by atoms with E-state index < -0.39 is 15.9 Å². The monoisotopic (exact) mass is 375 g/mol. The Hall–Kier alpha value is -1.64. The molecule has 0 atom stereocenters. The molecule has 1 aromatic carbocycles. The first-order chi connectivity index (χ1) is 10.9. The van der Waals surface area contributed by atoms with Crippen molar-refractivity contribution in [1.82, 2.24) is 14.9 Å². The number of carbonyl (C=O) groups is 2. The first-order valence-electron chi connectivity index (χ1n) is 7.63. The highest BCUT2D eigenvalue weighted by molar-refractivity contribution is 7.90. The number of carbonyl (C=O) groups excluding carboxylic acids is 2. The average molecular weight is 376 g/mol. The van der Waals surface area contributed by atoms with Crippen LogP contribution in [-0.4, -0.2) is 50.7 Å². The van der Waals surface area contributed by atoms with Crippen molar-refractivity contribution in [3.63, 3.8) is 0 Å². The molecular weight excluding hydrogens is 354 g/mol. The van der Waals surface area contributed by atoms with Crippen molar-refractivity contribution >= 4 is 34.2 Å². The number of rotatable bonds is 7. The number of nitrogens with one attached hydrogen (secondary N) is 2. The van der Waals surface area contributed by atoms with Crippen molar-refractivity contribution in [3.8, 4) is 0 Å². The highest BCUT2D eigenvalue weighted by Crippen LogP contribution is 2.30. The minimum absolute atomic E-state index is 0. The molecule has 9 heteroatoms.